The van der Waals surface area contributed by atoms with Gasteiger partial charge in [0.25, 0.3) is 0 Å². The molecule has 6 nitrogen and oxygen atoms in total. The van der Waals surface area contributed by atoms with Crippen molar-refractivity contribution in [3.8, 4) is 0 Å². The first-order valence-corrected chi connectivity index (χ1v) is 14.2. The number of hydrogen-bond acceptors (Lipinski definition) is 6. The molecule has 7 heteroatoms. The third kappa shape index (κ3) is 11.0. The van der Waals surface area contributed by atoms with Gasteiger partial charge in [-0.1, -0.05) is 62.7 Å². The Hall–Kier alpha value is -2.84. The number of aromatic carboxylic acids is 1. The summed E-state index contributed by atoms with van der Waals surface area (Å²) in [5, 5.41) is 16.2. The highest BCUT2D eigenvalue weighted by Crippen LogP contribution is 2.31. The molecular weight excluding hydrogens is 510 g/mol. The highest BCUT2D eigenvalue weighted by Gasteiger charge is 2.20. The quantitative estimate of drug-likeness (QED) is 0.169. The van der Waals surface area contributed by atoms with E-state index in [1.807, 2.05) is 12.1 Å². The number of aliphatic hydroxyl groups excluding tert-OH is 1. The Kier molecular flexibility index (Phi) is 13.5. The number of hydrogen-bond donors (Lipinski definition) is 2. The highest BCUT2D eigenvalue weighted by atomic mass is 32.1. The van der Waals surface area contributed by atoms with Gasteiger partial charge in [-0.3, -0.25) is 4.90 Å². The van der Waals surface area contributed by atoms with Crippen LogP contribution in [0, 0.1) is 6.92 Å². The van der Waals surface area contributed by atoms with Crippen LogP contribution in [0.15, 0.2) is 60.7 Å². The molecule has 1 heterocycles. The number of aldehydes is 1. The number of carbonyl (C=O) groups is 2. The van der Waals surface area contributed by atoms with E-state index < -0.39 is 5.97 Å². The summed E-state index contributed by atoms with van der Waals surface area (Å²) in [6, 6.07) is 19.9. The lowest BCUT2D eigenvalue weighted by Gasteiger charge is -2.28. The molecule has 0 saturated carbocycles. The normalized spacial score (nSPS) is 12.1. The fraction of sp³-hybridized carbons (Fsp3) is 0.438. The molecule has 0 spiro atoms. The van der Waals surface area contributed by atoms with Crippen molar-refractivity contribution in [2.45, 2.75) is 71.6 Å². The molecule has 0 saturated heterocycles. The molecule has 2 aromatic carbocycles. The van der Waals surface area contributed by atoms with Crippen LogP contribution < -0.4 is 0 Å². The Morgan fingerprint density at radius 2 is 1.77 bits per heavy atom. The molecule has 0 aliphatic heterocycles. The summed E-state index contributed by atoms with van der Waals surface area (Å²) in [6.07, 6.45) is 3.17. The topological polar surface area (TPSA) is 87.1 Å². The summed E-state index contributed by atoms with van der Waals surface area (Å²) in [6.45, 7) is 11.5. The first-order chi connectivity index (χ1) is 18.7. The number of ether oxygens (including phenoxy) is 1. The molecule has 212 valence electrons. The van der Waals surface area contributed by atoms with Gasteiger partial charge in [0.2, 0.25) is 0 Å². The number of nitrogens with zero attached hydrogens (tertiary/aromatic N) is 1. The van der Waals surface area contributed by atoms with Gasteiger partial charge in [-0.2, -0.15) is 0 Å². The van der Waals surface area contributed by atoms with Crippen LogP contribution in [0.2, 0.25) is 0 Å². The Balaban J connectivity index is 0.00000260. The van der Waals surface area contributed by atoms with Crippen molar-refractivity contribution in [1.29, 1.82) is 0 Å². The molecule has 39 heavy (non-hydrogen) atoms. The van der Waals surface area contributed by atoms with Crippen LogP contribution in [0.4, 0.5) is 0 Å². The van der Waals surface area contributed by atoms with Crippen LogP contribution in [-0.2, 0) is 28.1 Å². The van der Waals surface area contributed by atoms with Crippen molar-refractivity contribution < 1.29 is 24.5 Å². The summed E-state index contributed by atoms with van der Waals surface area (Å²) in [7, 11) is 1.00. The van der Waals surface area contributed by atoms with Gasteiger partial charge in [0.15, 0.2) is 0 Å². The molecule has 1 atom stereocenters. The number of carbonyl (C=O) groups excluding carboxylic acids is 1. The lowest BCUT2D eigenvalue weighted by Crippen LogP contribution is -2.30. The van der Waals surface area contributed by atoms with Gasteiger partial charge in [-0.25, -0.2) is 4.79 Å². The molecule has 1 aromatic heterocycles. The van der Waals surface area contributed by atoms with E-state index in [1.165, 1.54) is 15.3 Å². The Morgan fingerprint density at radius 3 is 2.36 bits per heavy atom. The minimum atomic E-state index is -0.923. The zero-order chi connectivity index (χ0) is 28.8. The zero-order valence-corrected chi connectivity index (χ0v) is 24.7. The maximum absolute atomic E-state index is 11.3. The van der Waals surface area contributed by atoms with Crippen LogP contribution in [0.3, 0.4) is 0 Å². The fourth-order valence-corrected chi connectivity index (χ4v) is 5.20. The van der Waals surface area contributed by atoms with Crippen LogP contribution in [-0.4, -0.2) is 47.6 Å². The van der Waals surface area contributed by atoms with Crippen molar-refractivity contribution in [2.75, 3.05) is 20.2 Å². The first-order valence-electron chi connectivity index (χ1n) is 13.4. The van der Waals surface area contributed by atoms with Gasteiger partial charge in [0, 0.05) is 36.4 Å². The van der Waals surface area contributed by atoms with E-state index in [2.05, 4.69) is 69.0 Å². The fourth-order valence-electron chi connectivity index (χ4n) is 4.21. The van der Waals surface area contributed by atoms with Gasteiger partial charge in [-0.15, -0.1) is 11.3 Å². The number of thiophene rings is 1. The lowest BCUT2D eigenvalue weighted by molar-refractivity contribution is -0.108. The molecule has 3 rings (SSSR count). The van der Waals surface area contributed by atoms with Crippen LogP contribution >= 0.6 is 11.3 Å². The molecule has 0 aliphatic carbocycles. The number of benzene rings is 2. The highest BCUT2D eigenvalue weighted by molar-refractivity contribution is 7.12. The Morgan fingerprint density at radius 1 is 1.05 bits per heavy atom. The third-order valence-electron chi connectivity index (χ3n) is 6.32. The molecule has 2 N–H and O–H groups in total. The smallest absolute Gasteiger partial charge is 0.335 e. The molecule has 0 bridgehead atoms. The number of aliphatic hydroxyl groups is 1. The van der Waals surface area contributed by atoms with Crippen LogP contribution in [0.25, 0.3) is 0 Å². The summed E-state index contributed by atoms with van der Waals surface area (Å²) in [5.41, 5.74) is 3.79. The largest absolute Gasteiger partial charge is 0.478 e. The minimum absolute atomic E-state index is 0.118. The maximum atomic E-state index is 11.3. The molecule has 0 amide bonds. The summed E-state index contributed by atoms with van der Waals surface area (Å²) in [5.74, 6) is -0.923. The predicted molar refractivity (Wildman–Crippen MR) is 158 cm³/mol. The SMILES string of the molecule is CO.Cc1cccc([C@H](CN(CCCCC=O)Cc2ccc(C(=O)O)cc2)OCc2ccc(C(C)(C)C)s2)c1. The number of aryl methyl sites for hydroxylation is 1. The Labute approximate surface area is 237 Å². The standard InChI is InChI=1S/C31H39NO4S.CH4O/c1-23-9-8-10-26(19-23)28(36-22-27-15-16-29(37-27)31(2,3)4)21-32(17-6-5-7-18-33)20-24-11-13-25(14-12-24)30(34)35;1-2/h8-16,18-19,28H,5-7,17,20-22H2,1-4H3,(H,34,35);2H,1H3/t28-;/m0./s1. The van der Waals surface area contributed by atoms with Crippen molar-refractivity contribution >= 4 is 23.6 Å². The zero-order valence-electron chi connectivity index (χ0n) is 23.9. The van der Waals surface area contributed by atoms with Gasteiger partial charge in [-0.05, 0) is 67.1 Å². The van der Waals surface area contributed by atoms with E-state index in [4.69, 9.17) is 9.84 Å². The van der Waals surface area contributed by atoms with E-state index in [-0.39, 0.29) is 17.1 Å². The van der Waals surface area contributed by atoms with E-state index in [9.17, 15) is 14.7 Å². The molecule has 0 aliphatic rings. The van der Waals surface area contributed by atoms with Crippen LogP contribution in [0.5, 0.6) is 0 Å². The molecule has 3 aromatic rings. The molecule has 0 radical (unpaired) electrons. The maximum Gasteiger partial charge on any atom is 0.335 e. The second kappa shape index (κ2) is 16.3. The lowest BCUT2D eigenvalue weighted by atomic mass is 9.95. The first kappa shape index (κ1) is 32.4. The van der Waals surface area contributed by atoms with E-state index in [0.29, 0.717) is 26.1 Å². The summed E-state index contributed by atoms with van der Waals surface area (Å²) >= 11 is 1.81. The van der Waals surface area contributed by atoms with Gasteiger partial charge >= 0.3 is 5.97 Å². The average Bonchev–Trinajstić information content (AvgIpc) is 3.40. The Bertz CT molecular complexity index is 1150. The molecular formula is C32H43NO5S. The number of rotatable bonds is 14. The van der Waals surface area contributed by atoms with Crippen molar-refractivity contribution in [2.24, 2.45) is 0 Å². The average molecular weight is 554 g/mol. The monoisotopic (exact) mass is 553 g/mol. The van der Waals surface area contributed by atoms with Crippen molar-refractivity contribution in [3.63, 3.8) is 0 Å². The number of unbranched alkanes of at least 4 members (excludes halogenated alkanes) is 2. The minimum Gasteiger partial charge on any atom is -0.478 e. The second-order valence-electron chi connectivity index (χ2n) is 10.6. The van der Waals surface area contributed by atoms with E-state index in [1.54, 1.807) is 23.5 Å². The predicted octanol–water partition coefficient (Wildman–Crippen LogP) is 6.79. The van der Waals surface area contributed by atoms with Gasteiger partial charge in [0.1, 0.15) is 6.29 Å². The molecule has 0 fully saturated rings. The van der Waals surface area contributed by atoms with Crippen LogP contribution in [0.1, 0.15) is 82.9 Å². The van der Waals surface area contributed by atoms with E-state index >= 15 is 0 Å². The summed E-state index contributed by atoms with van der Waals surface area (Å²) in [4.78, 5) is 27.0. The van der Waals surface area contributed by atoms with Crippen molar-refractivity contribution in [3.05, 3.63) is 92.7 Å². The number of carboxylic acid groups (broad SMARTS) is 1. The number of carboxylic acids is 1. The van der Waals surface area contributed by atoms with E-state index in [0.717, 1.165) is 43.9 Å². The van der Waals surface area contributed by atoms with Gasteiger partial charge in [0.05, 0.1) is 18.3 Å². The van der Waals surface area contributed by atoms with Crippen molar-refractivity contribution in [1.82, 2.24) is 4.90 Å². The molecule has 0 unspecified atom stereocenters. The van der Waals surface area contributed by atoms with Gasteiger partial charge < -0.3 is 19.7 Å². The summed E-state index contributed by atoms with van der Waals surface area (Å²) < 4.78 is 6.58. The second-order valence-corrected chi connectivity index (χ2v) is 11.8. The third-order valence-corrected chi connectivity index (χ3v) is 7.80.